The molecule has 2 saturated carbocycles. The van der Waals surface area contributed by atoms with Gasteiger partial charge in [0.1, 0.15) is 5.82 Å². The summed E-state index contributed by atoms with van der Waals surface area (Å²) in [6, 6.07) is 17.5. The maximum Gasteiger partial charge on any atom is 0.258 e. The van der Waals surface area contributed by atoms with Crippen molar-refractivity contribution in [2.24, 2.45) is 0 Å². The lowest BCUT2D eigenvalue weighted by Crippen LogP contribution is -2.45. The van der Waals surface area contributed by atoms with Crippen molar-refractivity contribution in [3.8, 4) is 11.5 Å². The Labute approximate surface area is 157 Å². The number of halogens is 1. The fourth-order valence-corrected chi connectivity index (χ4v) is 4.08. The minimum Gasteiger partial charge on any atom is -0.334 e. The highest BCUT2D eigenvalue weighted by Crippen LogP contribution is 2.45. The molecule has 0 saturated heterocycles. The maximum absolute atomic E-state index is 13.5. The van der Waals surface area contributed by atoms with Crippen molar-refractivity contribution in [1.82, 2.24) is 15.5 Å². The van der Waals surface area contributed by atoms with E-state index in [4.69, 9.17) is 4.52 Å². The highest BCUT2D eigenvalue weighted by Gasteiger charge is 2.46. The van der Waals surface area contributed by atoms with E-state index in [2.05, 4.69) is 45.8 Å². The summed E-state index contributed by atoms with van der Waals surface area (Å²) in [5.41, 5.74) is 1.98. The van der Waals surface area contributed by atoms with E-state index in [9.17, 15) is 4.39 Å². The summed E-state index contributed by atoms with van der Waals surface area (Å²) >= 11 is 0. The van der Waals surface area contributed by atoms with Gasteiger partial charge < -0.3 is 9.84 Å². The Hall–Kier alpha value is -2.53. The predicted octanol–water partition coefficient (Wildman–Crippen LogP) is 4.44. The first-order chi connectivity index (χ1) is 13.2. The molecule has 2 fully saturated rings. The molecule has 0 bridgehead atoms. The molecule has 5 heteroatoms. The summed E-state index contributed by atoms with van der Waals surface area (Å²) in [6.45, 7) is 0.864. The summed E-state index contributed by atoms with van der Waals surface area (Å²) in [7, 11) is 0. The van der Waals surface area contributed by atoms with Gasteiger partial charge in [-0.05, 0) is 43.0 Å². The van der Waals surface area contributed by atoms with Crippen LogP contribution in [0.1, 0.15) is 43.0 Å². The van der Waals surface area contributed by atoms with Gasteiger partial charge in [0.25, 0.3) is 5.89 Å². The second-order valence-corrected chi connectivity index (χ2v) is 7.81. The Balaban J connectivity index is 1.28. The second-order valence-electron chi connectivity index (χ2n) is 7.81. The smallest absolute Gasteiger partial charge is 0.258 e. The Kier molecular flexibility index (Phi) is 4.05. The van der Waals surface area contributed by atoms with Crippen molar-refractivity contribution >= 4 is 0 Å². The van der Waals surface area contributed by atoms with Gasteiger partial charge >= 0.3 is 0 Å². The Bertz CT molecular complexity index is 935. The molecule has 27 heavy (non-hydrogen) atoms. The summed E-state index contributed by atoms with van der Waals surface area (Å²) in [5, 5.41) is 7.97. The first kappa shape index (κ1) is 16.6. The van der Waals surface area contributed by atoms with Gasteiger partial charge in [-0.2, -0.15) is 4.98 Å². The average Bonchev–Trinajstić information content (AvgIpc) is 3.27. The summed E-state index contributed by atoms with van der Waals surface area (Å²) in [5.74, 6) is 1.45. The summed E-state index contributed by atoms with van der Waals surface area (Å²) in [6.07, 6.45) is 4.48. The van der Waals surface area contributed by atoms with Crippen molar-refractivity contribution in [2.75, 3.05) is 6.54 Å². The van der Waals surface area contributed by atoms with Crippen LogP contribution in [0.5, 0.6) is 0 Å². The molecule has 2 aliphatic carbocycles. The second kappa shape index (κ2) is 6.57. The van der Waals surface area contributed by atoms with E-state index in [0.717, 1.165) is 25.2 Å². The van der Waals surface area contributed by atoms with Gasteiger partial charge in [0.15, 0.2) is 5.82 Å². The van der Waals surface area contributed by atoms with E-state index in [-0.39, 0.29) is 11.2 Å². The Morgan fingerprint density at radius 2 is 1.96 bits per heavy atom. The molecule has 5 rings (SSSR count). The van der Waals surface area contributed by atoms with Gasteiger partial charge in [0, 0.05) is 29.5 Å². The van der Waals surface area contributed by atoms with Crippen LogP contribution in [0.15, 0.2) is 59.1 Å². The van der Waals surface area contributed by atoms with Gasteiger partial charge in [0.2, 0.25) is 0 Å². The Morgan fingerprint density at radius 3 is 2.70 bits per heavy atom. The van der Waals surface area contributed by atoms with Gasteiger partial charge in [-0.3, -0.25) is 0 Å². The minimum atomic E-state index is -0.298. The van der Waals surface area contributed by atoms with Crippen molar-refractivity contribution in [3.05, 3.63) is 71.8 Å². The van der Waals surface area contributed by atoms with E-state index < -0.39 is 0 Å². The number of nitrogens with zero attached hydrogens (tertiary/aromatic N) is 2. The first-order valence-electron chi connectivity index (χ1n) is 9.62. The number of benzene rings is 2. The lowest BCUT2D eigenvalue weighted by atomic mass is 9.68. The normalized spacial score (nSPS) is 23.0. The fraction of sp³-hybridized carbons (Fsp3) is 0.364. The van der Waals surface area contributed by atoms with E-state index in [1.54, 1.807) is 12.1 Å². The van der Waals surface area contributed by atoms with Crippen LogP contribution in [-0.2, 0) is 5.41 Å². The van der Waals surface area contributed by atoms with Crippen LogP contribution in [0.4, 0.5) is 4.39 Å². The molecule has 1 heterocycles. The topological polar surface area (TPSA) is 51.0 Å². The van der Waals surface area contributed by atoms with Gasteiger partial charge in [-0.1, -0.05) is 48.0 Å². The Morgan fingerprint density at radius 1 is 1.11 bits per heavy atom. The number of nitrogens with one attached hydrogen (secondary N) is 1. The zero-order chi connectivity index (χ0) is 18.3. The largest absolute Gasteiger partial charge is 0.334 e. The highest BCUT2D eigenvalue weighted by atomic mass is 19.1. The molecule has 138 valence electrons. The van der Waals surface area contributed by atoms with E-state index in [1.165, 1.54) is 30.5 Å². The van der Waals surface area contributed by atoms with E-state index >= 15 is 0 Å². The summed E-state index contributed by atoms with van der Waals surface area (Å²) < 4.78 is 18.9. The molecule has 2 aliphatic rings. The molecule has 0 radical (unpaired) electrons. The molecule has 1 N–H and O–H groups in total. The van der Waals surface area contributed by atoms with Crippen molar-refractivity contribution in [3.63, 3.8) is 0 Å². The molecule has 3 aromatic rings. The lowest BCUT2D eigenvalue weighted by molar-refractivity contribution is 0.211. The number of hydrogen-bond donors (Lipinski definition) is 1. The zero-order valence-electron chi connectivity index (χ0n) is 15.1. The number of aromatic nitrogens is 2. The van der Waals surface area contributed by atoms with E-state index in [0.29, 0.717) is 23.4 Å². The van der Waals surface area contributed by atoms with Gasteiger partial charge in [-0.25, -0.2) is 4.39 Å². The predicted molar refractivity (Wildman–Crippen MR) is 101 cm³/mol. The third-order valence-electron chi connectivity index (χ3n) is 6.00. The van der Waals surface area contributed by atoms with Crippen molar-refractivity contribution < 1.29 is 8.91 Å². The molecule has 4 nitrogen and oxygen atoms in total. The van der Waals surface area contributed by atoms with Crippen LogP contribution in [-0.4, -0.2) is 22.7 Å². The van der Waals surface area contributed by atoms with Crippen molar-refractivity contribution in [2.45, 2.75) is 43.1 Å². The van der Waals surface area contributed by atoms with Crippen molar-refractivity contribution in [1.29, 1.82) is 0 Å². The third kappa shape index (κ3) is 3.16. The van der Waals surface area contributed by atoms with Crippen LogP contribution in [0.25, 0.3) is 11.5 Å². The molecular formula is C22H22FN3O. The first-order valence-corrected chi connectivity index (χ1v) is 9.62. The monoisotopic (exact) mass is 363 g/mol. The summed E-state index contributed by atoms with van der Waals surface area (Å²) in [4.78, 5) is 4.61. The fourth-order valence-electron chi connectivity index (χ4n) is 4.08. The molecular weight excluding hydrogens is 341 g/mol. The van der Waals surface area contributed by atoms with Gasteiger partial charge in [0.05, 0.1) is 0 Å². The average molecular weight is 363 g/mol. The molecule has 0 spiro atoms. The molecule has 0 amide bonds. The standard InChI is InChI=1S/C22H22FN3O/c23-17-9-4-8-16(12-17)20-25-21(26-27-20)22(10-5-11-22)14-24-19-13-18(19)15-6-2-1-3-7-15/h1-4,6-9,12,18-19,24H,5,10-11,13-14H2/t18?,19-/m0/s1. The molecule has 2 aromatic carbocycles. The molecule has 1 unspecified atom stereocenters. The molecule has 0 aliphatic heterocycles. The maximum atomic E-state index is 13.5. The zero-order valence-corrected chi connectivity index (χ0v) is 15.1. The molecule has 2 atom stereocenters. The number of hydrogen-bond acceptors (Lipinski definition) is 4. The SMILES string of the molecule is Fc1cccc(-c2nc(C3(CN[C@H]4CC4c4ccccc4)CCC3)no2)c1. The van der Waals surface area contributed by atoms with Gasteiger partial charge in [-0.15, -0.1) is 0 Å². The van der Waals surface area contributed by atoms with Crippen LogP contribution in [0.2, 0.25) is 0 Å². The quantitative estimate of drug-likeness (QED) is 0.703. The van der Waals surface area contributed by atoms with Crippen LogP contribution in [0.3, 0.4) is 0 Å². The molecule has 1 aromatic heterocycles. The number of rotatable bonds is 6. The van der Waals surface area contributed by atoms with Crippen LogP contribution in [0, 0.1) is 5.82 Å². The lowest BCUT2D eigenvalue weighted by Gasteiger charge is -2.39. The minimum absolute atomic E-state index is 0.0566. The van der Waals surface area contributed by atoms with Crippen LogP contribution >= 0.6 is 0 Å². The third-order valence-corrected chi connectivity index (χ3v) is 6.00. The van der Waals surface area contributed by atoms with E-state index in [1.807, 2.05) is 0 Å². The highest BCUT2D eigenvalue weighted by molar-refractivity contribution is 5.52. The van der Waals surface area contributed by atoms with Crippen LogP contribution < -0.4 is 5.32 Å².